The maximum atomic E-state index is 12.2. The van der Waals surface area contributed by atoms with E-state index in [1.807, 2.05) is 0 Å². The molecule has 3 rings (SSSR count). The lowest BCUT2D eigenvalue weighted by atomic mass is 10.2. The molecule has 29 heavy (non-hydrogen) atoms. The van der Waals surface area contributed by atoms with Crippen LogP contribution in [-0.2, 0) is 16.1 Å². The molecule has 0 radical (unpaired) electrons. The summed E-state index contributed by atoms with van der Waals surface area (Å²) in [5.74, 6) is -0.195. The number of methoxy groups -OCH3 is 1. The molecular formula is C18H17F3N4O4. The Kier molecular flexibility index (Phi) is 6.17. The molecule has 1 aromatic carbocycles. The molecular weight excluding hydrogens is 393 g/mol. The highest BCUT2D eigenvalue weighted by atomic mass is 19.4. The van der Waals surface area contributed by atoms with Crippen molar-refractivity contribution in [3.05, 3.63) is 42.6 Å². The first-order valence-electron chi connectivity index (χ1n) is 8.47. The van der Waals surface area contributed by atoms with Gasteiger partial charge in [0.15, 0.2) is 0 Å². The molecule has 11 heteroatoms. The molecule has 154 valence electrons. The summed E-state index contributed by atoms with van der Waals surface area (Å²) in [4.78, 5) is 16.2. The average molecular weight is 410 g/mol. The minimum atomic E-state index is -4.76. The molecule has 8 nitrogen and oxygen atoms in total. The number of alkyl halides is 3. The summed E-state index contributed by atoms with van der Waals surface area (Å²) in [6.45, 7) is 0.849. The van der Waals surface area contributed by atoms with Crippen molar-refractivity contribution >= 4 is 5.91 Å². The maximum Gasteiger partial charge on any atom is 0.573 e. The summed E-state index contributed by atoms with van der Waals surface area (Å²) < 4.78 is 52.3. The normalized spacial score (nSPS) is 11.4. The number of nitrogens with one attached hydrogen (secondary N) is 1. The van der Waals surface area contributed by atoms with Crippen LogP contribution in [-0.4, -0.2) is 47.2 Å². The number of benzene rings is 1. The lowest BCUT2D eigenvalue weighted by molar-refractivity contribution is -0.274. The summed E-state index contributed by atoms with van der Waals surface area (Å²) in [5, 5.41) is 6.56. The molecule has 2 aromatic heterocycles. The van der Waals surface area contributed by atoms with E-state index in [0.29, 0.717) is 24.4 Å². The van der Waals surface area contributed by atoms with Crippen molar-refractivity contribution in [3.63, 3.8) is 0 Å². The van der Waals surface area contributed by atoms with Gasteiger partial charge in [-0.15, -0.1) is 13.2 Å². The Labute approximate surface area is 163 Å². The molecule has 0 spiro atoms. The molecule has 2 heterocycles. The van der Waals surface area contributed by atoms with Gasteiger partial charge >= 0.3 is 6.36 Å². The fourth-order valence-electron chi connectivity index (χ4n) is 2.50. The number of nitrogens with zero attached hydrogens (tertiary/aromatic N) is 3. The Hall–Kier alpha value is -3.34. The van der Waals surface area contributed by atoms with E-state index in [2.05, 4.69) is 20.2 Å². The summed E-state index contributed by atoms with van der Waals surface area (Å²) >= 11 is 0. The molecule has 0 fully saturated rings. The molecule has 0 saturated carbocycles. The highest BCUT2D eigenvalue weighted by molar-refractivity contribution is 5.76. The molecule has 1 amide bonds. The Morgan fingerprint density at radius 1 is 1.24 bits per heavy atom. The Balaban J connectivity index is 1.71. The first-order chi connectivity index (χ1) is 13.9. The predicted octanol–water partition coefficient (Wildman–Crippen LogP) is 2.87. The van der Waals surface area contributed by atoms with Gasteiger partial charge in [-0.1, -0.05) is 5.16 Å². The van der Waals surface area contributed by atoms with Gasteiger partial charge in [0.05, 0.1) is 6.61 Å². The molecule has 0 atom stereocenters. The van der Waals surface area contributed by atoms with Crippen LogP contribution in [0, 0.1) is 0 Å². The van der Waals surface area contributed by atoms with Crippen molar-refractivity contribution in [3.8, 4) is 28.7 Å². The quantitative estimate of drug-likeness (QED) is 0.575. The standard InChI is InChI=1S/C18H17F3N4O4/c1-27-10-8-22-15(26)11-25-9-2-3-14(25)17-23-16(24-29-17)12-4-6-13(7-5-12)28-18(19,20)21/h2-7,9H,8,10-11H2,1H3,(H,22,26). The number of hydrogen-bond donors (Lipinski definition) is 1. The van der Waals surface area contributed by atoms with Crippen LogP contribution >= 0.6 is 0 Å². The SMILES string of the molecule is COCCNC(=O)Cn1cccc1-c1nc(-c2ccc(OC(F)(F)F)cc2)no1. The zero-order valence-corrected chi connectivity index (χ0v) is 15.3. The molecule has 3 aromatic rings. The number of ether oxygens (including phenoxy) is 2. The molecule has 1 N–H and O–H groups in total. The van der Waals surface area contributed by atoms with Gasteiger partial charge in [-0.2, -0.15) is 4.98 Å². The first-order valence-corrected chi connectivity index (χ1v) is 8.47. The maximum absolute atomic E-state index is 12.2. The van der Waals surface area contributed by atoms with Crippen molar-refractivity contribution in [2.75, 3.05) is 20.3 Å². The van der Waals surface area contributed by atoms with Crippen molar-refractivity contribution < 1.29 is 32.0 Å². The van der Waals surface area contributed by atoms with Crippen LogP contribution in [0.3, 0.4) is 0 Å². The highest BCUT2D eigenvalue weighted by Gasteiger charge is 2.31. The van der Waals surface area contributed by atoms with E-state index >= 15 is 0 Å². The third kappa shape index (κ3) is 5.57. The largest absolute Gasteiger partial charge is 0.573 e. The third-order valence-corrected chi connectivity index (χ3v) is 3.76. The van der Waals surface area contributed by atoms with Gasteiger partial charge < -0.3 is 23.9 Å². The van der Waals surface area contributed by atoms with Gasteiger partial charge in [-0.3, -0.25) is 4.79 Å². The van der Waals surface area contributed by atoms with Gasteiger partial charge in [-0.05, 0) is 36.4 Å². The van der Waals surface area contributed by atoms with Gasteiger partial charge in [0.2, 0.25) is 11.7 Å². The smallest absolute Gasteiger partial charge is 0.406 e. The second-order valence-electron chi connectivity index (χ2n) is 5.86. The average Bonchev–Trinajstić information content (AvgIpc) is 3.30. The van der Waals surface area contributed by atoms with E-state index in [-0.39, 0.29) is 29.9 Å². The van der Waals surface area contributed by atoms with Gasteiger partial charge in [-0.25, -0.2) is 0 Å². The minimum absolute atomic E-state index is 0.0488. The first kappa shape index (κ1) is 20.4. The molecule has 0 aliphatic rings. The van der Waals surface area contributed by atoms with Crippen LogP contribution < -0.4 is 10.1 Å². The van der Waals surface area contributed by atoms with E-state index < -0.39 is 6.36 Å². The van der Waals surface area contributed by atoms with Crippen LogP contribution in [0.15, 0.2) is 47.1 Å². The summed E-state index contributed by atoms with van der Waals surface area (Å²) in [6, 6.07) is 8.53. The molecule has 0 unspecified atom stereocenters. The van der Waals surface area contributed by atoms with Crippen molar-refractivity contribution in [1.82, 2.24) is 20.0 Å². The van der Waals surface area contributed by atoms with Crippen LogP contribution in [0.4, 0.5) is 13.2 Å². The van der Waals surface area contributed by atoms with Crippen LogP contribution in [0.5, 0.6) is 5.75 Å². The second-order valence-corrected chi connectivity index (χ2v) is 5.86. The summed E-state index contributed by atoms with van der Waals surface area (Å²) in [6.07, 6.45) is -3.07. The summed E-state index contributed by atoms with van der Waals surface area (Å²) in [5.41, 5.74) is 0.979. The Morgan fingerprint density at radius 3 is 2.69 bits per heavy atom. The Bertz CT molecular complexity index is 951. The zero-order chi connectivity index (χ0) is 20.9. The van der Waals surface area contributed by atoms with Crippen LogP contribution in [0.25, 0.3) is 23.0 Å². The van der Waals surface area contributed by atoms with E-state index in [0.717, 1.165) is 12.1 Å². The molecule has 0 aliphatic carbocycles. The number of rotatable bonds is 8. The van der Waals surface area contributed by atoms with Gasteiger partial charge in [0.1, 0.15) is 18.0 Å². The van der Waals surface area contributed by atoms with Crippen molar-refractivity contribution in [1.29, 1.82) is 0 Å². The number of halogens is 3. The second kappa shape index (κ2) is 8.78. The minimum Gasteiger partial charge on any atom is -0.406 e. The lowest BCUT2D eigenvalue weighted by Crippen LogP contribution is -2.30. The van der Waals surface area contributed by atoms with E-state index in [1.165, 1.54) is 12.1 Å². The van der Waals surface area contributed by atoms with Crippen molar-refractivity contribution in [2.24, 2.45) is 0 Å². The van der Waals surface area contributed by atoms with E-state index in [9.17, 15) is 18.0 Å². The molecule has 0 saturated heterocycles. The number of hydrogen-bond acceptors (Lipinski definition) is 6. The predicted molar refractivity (Wildman–Crippen MR) is 94.7 cm³/mol. The molecule has 0 bridgehead atoms. The molecule has 0 aliphatic heterocycles. The summed E-state index contributed by atoms with van der Waals surface area (Å²) in [7, 11) is 1.54. The highest BCUT2D eigenvalue weighted by Crippen LogP contribution is 2.27. The van der Waals surface area contributed by atoms with Crippen LogP contribution in [0.2, 0.25) is 0 Å². The van der Waals surface area contributed by atoms with Gasteiger partial charge in [0, 0.05) is 25.4 Å². The van der Waals surface area contributed by atoms with Crippen LogP contribution in [0.1, 0.15) is 0 Å². The topological polar surface area (TPSA) is 91.4 Å². The zero-order valence-electron chi connectivity index (χ0n) is 15.3. The van der Waals surface area contributed by atoms with E-state index in [4.69, 9.17) is 9.26 Å². The number of amides is 1. The number of carbonyl (C=O) groups excluding carboxylic acids is 1. The monoisotopic (exact) mass is 410 g/mol. The van der Waals surface area contributed by atoms with Crippen molar-refractivity contribution in [2.45, 2.75) is 12.9 Å². The Morgan fingerprint density at radius 2 is 2.00 bits per heavy atom. The third-order valence-electron chi connectivity index (χ3n) is 3.76. The van der Waals surface area contributed by atoms with Gasteiger partial charge in [0.25, 0.3) is 5.89 Å². The number of aromatic nitrogens is 3. The van der Waals surface area contributed by atoms with E-state index in [1.54, 1.807) is 30.0 Å². The number of carbonyl (C=O) groups is 1. The lowest BCUT2D eigenvalue weighted by Gasteiger charge is -2.08. The fourth-order valence-corrected chi connectivity index (χ4v) is 2.50. The fraction of sp³-hybridized carbons (Fsp3) is 0.278.